The molecule has 0 saturated carbocycles. The van der Waals surface area contributed by atoms with E-state index in [1.54, 1.807) is 24.3 Å². The summed E-state index contributed by atoms with van der Waals surface area (Å²) in [5, 5.41) is 30.2. The molecule has 0 spiro atoms. The van der Waals surface area contributed by atoms with E-state index in [9.17, 15) is 20.1 Å². The van der Waals surface area contributed by atoms with Crippen LogP contribution in [0.5, 0.6) is 23.0 Å². The number of Topliss-reactive ketones (excluding diaryl/α,β-unsaturated/α-hetero) is 1. The smallest absolute Gasteiger partial charge is 0.170 e. The molecule has 0 bridgehead atoms. The van der Waals surface area contributed by atoms with Crippen molar-refractivity contribution in [3.63, 3.8) is 0 Å². The topological polar surface area (TPSA) is 87.0 Å². The minimum absolute atomic E-state index is 0.0683. The largest absolute Gasteiger partial charge is 0.508 e. The van der Waals surface area contributed by atoms with Gasteiger partial charge in [-0.25, -0.2) is 0 Å². The van der Waals surface area contributed by atoms with Gasteiger partial charge in [0, 0.05) is 18.1 Å². The Labute approximate surface area is 168 Å². The van der Waals surface area contributed by atoms with Crippen molar-refractivity contribution >= 4 is 5.78 Å². The van der Waals surface area contributed by atoms with E-state index in [1.165, 1.54) is 6.07 Å². The molecule has 0 fully saturated rings. The highest BCUT2D eigenvalue weighted by molar-refractivity contribution is 6.02. The molecule has 5 nitrogen and oxygen atoms in total. The van der Waals surface area contributed by atoms with Gasteiger partial charge in [0.25, 0.3) is 0 Å². The van der Waals surface area contributed by atoms with Crippen LogP contribution >= 0.6 is 0 Å². The van der Waals surface area contributed by atoms with Crippen LogP contribution in [0.15, 0.2) is 60.7 Å². The first-order valence-corrected chi connectivity index (χ1v) is 9.63. The summed E-state index contributed by atoms with van der Waals surface area (Å²) in [5.41, 5.74) is 2.56. The molecule has 0 radical (unpaired) electrons. The number of hydrogen-bond donors (Lipinski definition) is 3. The van der Waals surface area contributed by atoms with Gasteiger partial charge in [0.1, 0.15) is 34.7 Å². The molecule has 0 aliphatic carbocycles. The maximum absolute atomic E-state index is 13.0. The number of ether oxygens (including phenoxy) is 1. The van der Waals surface area contributed by atoms with Gasteiger partial charge < -0.3 is 20.1 Å². The van der Waals surface area contributed by atoms with Gasteiger partial charge in [0.2, 0.25) is 0 Å². The molecule has 3 aromatic rings. The summed E-state index contributed by atoms with van der Waals surface area (Å²) in [6.07, 6.45) is 1.59. The number of rotatable bonds is 5. The zero-order valence-corrected chi connectivity index (χ0v) is 15.8. The van der Waals surface area contributed by atoms with Crippen LogP contribution < -0.4 is 4.74 Å². The Bertz CT molecular complexity index is 1030. The molecular formula is C24H22O5. The van der Waals surface area contributed by atoms with Crippen molar-refractivity contribution in [2.75, 3.05) is 0 Å². The maximum Gasteiger partial charge on any atom is 0.170 e. The first-order chi connectivity index (χ1) is 14.0. The molecule has 1 aliphatic rings. The number of ketones is 1. The molecular weight excluding hydrogens is 368 g/mol. The molecule has 3 N–H and O–H groups in total. The molecule has 29 heavy (non-hydrogen) atoms. The Kier molecular flexibility index (Phi) is 5.12. The van der Waals surface area contributed by atoms with Crippen LogP contribution in [0.1, 0.15) is 46.0 Å². The van der Waals surface area contributed by atoms with Gasteiger partial charge in [0.05, 0.1) is 0 Å². The Hall–Kier alpha value is -3.47. The van der Waals surface area contributed by atoms with Crippen LogP contribution in [0.25, 0.3) is 0 Å². The average molecular weight is 390 g/mol. The fourth-order valence-electron chi connectivity index (χ4n) is 3.74. The number of phenols is 3. The lowest BCUT2D eigenvalue weighted by molar-refractivity contribution is 0.0967. The summed E-state index contributed by atoms with van der Waals surface area (Å²) in [4.78, 5) is 13.0. The van der Waals surface area contributed by atoms with Crippen LogP contribution in [-0.4, -0.2) is 21.1 Å². The molecule has 0 aromatic heterocycles. The molecule has 5 heteroatoms. The minimum Gasteiger partial charge on any atom is -0.508 e. The van der Waals surface area contributed by atoms with E-state index in [0.29, 0.717) is 24.8 Å². The number of aryl methyl sites for hydroxylation is 1. The summed E-state index contributed by atoms with van der Waals surface area (Å²) in [5.74, 6) is -0.150. The number of aromatic hydroxyl groups is 3. The van der Waals surface area contributed by atoms with E-state index in [2.05, 4.69) is 0 Å². The standard InChI is InChI=1S/C24H22O5/c25-17-9-7-16(8-10-17)22-13-11-18-20(27)14-21(28)23(24(18)29-22)19(26)12-6-15-4-2-1-3-5-15/h1-5,7-10,14,22,25,27-28H,6,11-13H2. The molecule has 0 saturated heterocycles. The maximum atomic E-state index is 13.0. The van der Waals surface area contributed by atoms with Crippen LogP contribution in [-0.2, 0) is 12.8 Å². The molecule has 4 rings (SSSR count). The van der Waals surface area contributed by atoms with Gasteiger partial charge in [-0.3, -0.25) is 4.79 Å². The second kappa shape index (κ2) is 7.87. The molecule has 148 valence electrons. The van der Waals surface area contributed by atoms with Gasteiger partial charge >= 0.3 is 0 Å². The predicted molar refractivity (Wildman–Crippen MR) is 109 cm³/mol. The molecule has 1 aliphatic heterocycles. The lowest BCUT2D eigenvalue weighted by Crippen LogP contribution is -2.18. The van der Waals surface area contributed by atoms with Crippen LogP contribution in [0.3, 0.4) is 0 Å². The quantitative estimate of drug-likeness (QED) is 0.551. The highest BCUT2D eigenvalue weighted by Gasteiger charge is 2.30. The van der Waals surface area contributed by atoms with E-state index in [1.807, 2.05) is 30.3 Å². The summed E-state index contributed by atoms with van der Waals surface area (Å²) >= 11 is 0. The second-order valence-electron chi connectivity index (χ2n) is 7.24. The Morgan fingerprint density at radius 1 is 0.966 bits per heavy atom. The first kappa shape index (κ1) is 18.9. The van der Waals surface area contributed by atoms with Crippen LogP contribution in [0, 0.1) is 0 Å². The monoisotopic (exact) mass is 390 g/mol. The molecule has 1 unspecified atom stereocenters. The minimum atomic E-state index is -0.329. The SMILES string of the molecule is O=C(CCc1ccccc1)c1c(O)cc(O)c2c1OC(c1ccc(O)cc1)CC2. The number of fused-ring (bicyclic) bond motifs is 1. The average Bonchev–Trinajstić information content (AvgIpc) is 2.73. The van der Waals surface area contributed by atoms with Gasteiger partial charge in [-0.05, 0) is 42.5 Å². The summed E-state index contributed by atoms with van der Waals surface area (Å²) < 4.78 is 6.10. The zero-order chi connectivity index (χ0) is 20.4. The van der Waals surface area contributed by atoms with E-state index < -0.39 is 0 Å². The predicted octanol–water partition coefficient (Wildman–Crippen LogP) is 4.69. The van der Waals surface area contributed by atoms with Gasteiger partial charge in [-0.15, -0.1) is 0 Å². The van der Waals surface area contributed by atoms with Crippen molar-refractivity contribution in [2.24, 2.45) is 0 Å². The fraction of sp³-hybridized carbons (Fsp3) is 0.208. The molecule has 1 atom stereocenters. The summed E-state index contributed by atoms with van der Waals surface area (Å²) in [6.45, 7) is 0. The summed E-state index contributed by atoms with van der Waals surface area (Å²) in [6, 6.07) is 17.6. The van der Waals surface area contributed by atoms with Gasteiger partial charge in [-0.1, -0.05) is 42.5 Å². The number of phenolic OH excluding ortho intramolecular Hbond substituents is 3. The van der Waals surface area contributed by atoms with Crippen LogP contribution in [0.2, 0.25) is 0 Å². The fourth-order valence-corrected chi connectivity index (χ4v) is 3.74. The van der Waals surface area contributed by atoms with Crippen molar-refractivity contribution in [3.05, 3.63) is 82.9 Å². The van der Waals surface area contributed by atoms with E-state index >= 15 is 0 Å². The Morgan fingerprint density at radius 3 is 2.41 bits per heavy atom. The molecule has 1 heterocycles. The van der Waals surface area contributed by atoms with Crippen molar-refractivity contribution in [1.82, 2.24) is 0 Å². The lowest BCUT2D eigenvalue weighted by Gasteiger charge is -2.29. The number of carbonyl (C=O) groups excluding carboxylic acids is 1. The van der Waals surface area contributed by atoms with Gasteiger partial charge in [0.15, 0.2) is 5.78 Å². The number of carbonyl (C=O) groups is 1. The third kappa shape index (κ3) is 3.90. The van der Waals surface area contributed by atoms with E-state index in [-0.39, 0.29) is 46.9 Å². The highest BCUT2D eigenvalue weighted by Crippen LogP contribution is 2.45. The van der Waals surface area contributed by atoms with Crippen molar-refractivity contribution in [3.8, 4) is 23.0 Å². The number of hydrogen-bond acceptors (Lipinski definition) is 5. The zero-order valence-electron chi connectivity index (χ0n) is 15.8. The third-order valence-electron chi connectivity index (χ3n) is 5.28. The first-order valence-electron chi connectivity index (χ1n) is 9.63. The van der Waals surface area contributed by atoms with Crippen molar-refractivity contribution in [1.29, 1.82) is 0 Å². The summed E-state index contributed by atoms with van der Waals surface area (Å²) in [7, 11) is 0. The van der Waals surface area contributed by atoms with Gasteiger partial charge in [-0.2, -0.15) is 0 Å². The second-order valence-corrected chi connectivity index (χ2v) is 7.24. The third-order valence-corrected chi connectivity index (χ3v) is 5.28. The van der Waals surface area contributed by atoms with E-state index in [0.717, 1.165) is 11.1 Å². The Balaban J connectivity index is 1.63. The Morgan fingerprint density at radius 2 is 1.69 bits per heavy atom. The number of benzene rings is 3. The molecule has 3 aromatic carbocycles. The normalized spacial score (nSPS) is 15.4. The van der Waals surface area contributed by atoms with Crippen molar-refractivity contribution in [2.45, 2.75) is 31.8 Å². The van der Waals surface area contributed by atoms with Crippen molar-refractivity contribution < 1.29 is 24.9 Å². The van der Waals surface area contributed by atoms with E-state index in [4.69, 9.17) is 4.74 Å². The molecule has 0 amide bonds. The van der Waals surface area contributed by atoms with Crippen LogP contribution in [0.4, 0.5) is 0 Å². The lowest BCUT2D eigenvalue weighted by atomic mass is 9.92. The highest BCUT2D eigenvalue weighted by atomic mass is 16.5.